The van der Waals surface area contributed by atoms with Crippen LogP contribution in [-0.2, 0) is 20.0 Å². The van der Waals surface area contributed by atoms with E-state index in [2.05, 4.69) is 32.5 Å². The molecule has 96 valence electrons. The van der Waals surface area contributed by atoms with Gasteiger partial charge < -0.3 is 14.5 Å². The van der Waals surface area contributed by atoms with E-state index in [0.29, 0.717) is 6.04 Å². The van der Waals surface area contributed by atoms with E-state index in [0.717, 1.165) is 12.4 Å². The monoisotopic (exact) mass is 245 g/mol. The topological polar surface area (TPSA) is 47.7 Å². The van der Waals surface area contributed by atoms with Gasteiger partial charge in [0.25, 0.3) is 0 Å². The lowest BCUT2D eigenvalue weighted by atomic mass is 9.91. The summed E-state index contributed by atoms with van der Waals surface area (Å²) < 4.78 is 4.19. The van der Waals surface area contributed by atoms with Crippen LogP contribution in [0.2, 0.25) is 0 Å². The smallest absolute Gasteiger partial charge is 0.152 e. The first-order valence-electron chi connectivity index (χ1n) is 6.46. The zero-order valence-electron chi connectivity index (χ0n) is 10.9. The predicted octanol–water partition coefficient (Wildman–Crippen LogP) is 1.26. The number of nitrogens with zero attached hydrogens (tertiary/aromatic N) is 4. The normalized spacial score (nSPS) is 18.9. The van der Waals surface area contributed by atoms with Gasteiger partial charge in [0, 0.05) is 25.5 Å². The van der Waals surface area contributed by atoms with E-state index in [4.69, 9.17) is 0 Å². The molecular weight excluding hydrogens is 226 g/mol. The summed E-state index contributed by atoms with van der Waals surface area (Å²) in [6.07, 6.45) is 9.95. The fourth-order valence-corrected chi connectivity index (χ4v) is 2.75. The molecule has 0 amide bonds. The molecule has 1 aliphatic rings. The number of aromatic nitrogens is 4. The van der Waals surface area contributed by atoms with Gasteiger partial charge in [-0.3, -0.25) is 0 Å². The number of nitrogens with one attached hydrogen (secondary N) is 1. The van der Waals surface area contributed by atoms with Gasteiger partial charge in [0.05, 0.1) is 6.54 Å². The molecule has 5 nitrogen and oxygen atoms in total. The van der Waals surface area contributed by atoms with Gasteiger partial charge in [-0.1, -0.05) is 0 Å². The van der Waals surface area contributed by atoms with Crippen LogP contribution in [-0.4, -0.2) is 26.4 Å². The van der Waals surface area contributed by atoms with E-state index in [1.165, 1.54) is 30.4 Å². The summed E-state index contributed by atoms with van der Waals surface area (Å²) in [6.45, 7) is 0.792. The largest absolute Gasteiger partial charge is 0.346 e. The minimum absolute atomic E-state index is 0.509. The number of aryl methyl sites for hydroxylation is 2. The van der Waals surface area contributed by atoms with Gasteiger partial charge in [0.15, 0.2) is 5.82 Å². The van der Waals surface area contributed by atoms with Crippen LogP contribution in [0.5, 0.6) is 0 Å². The average molecular weight is 245 g/mol. The first-order valence-corrected chi connectivity index (χ1v) is 6.46. The number of hydrogen-bond donors (Lipinski definition) is 1. The summed E-state index contributed by atoms with van der Waals surface area (Å²) in [5.41, 5.74) is 2.92. The molecule has 1 aliphatic carbocycles. The Balaban J connectivity index is 1.86. The lowest BCUT2D eigenvalue weighted by Gasteiger charge is -2.21. The van der Waals surface area contributed by atoms with Gasteiger partial charge in [0.1, 0.15) is 6.33 Å². The lowest BCUT2D eigenvalue weighted by Crippen LogP contribution is -2.20. The molecule has 3 rings (SSSR count). The highest BCUT2D eigenvalue weighted by Crippen LogP contribution is 2.30. The number of hydrogen-bond acceptors (Lipinski definition) is 3. The second kappa shape index (κ2) is 4.57. The third kappa shape index (κ3) is 1.95. The molecular formula is C13H19N5. The molecule has 0 aliphatic heterocycles. The maximum atomic E-state index is 4.13. The highest BCUT2D eigenvalue weighted by Gasteiger charge is 2.20. The van der Waals surface area contributed by atoms with E-state index in [1.807, 2.05) is 18.7 Å². The minimum atomic E-state index is 0.509. The van der Waals surface area contributed by atoms with Gasteiger partial charge in [-0.05, 0) is 37.4 Å². The Morgan fingerprint density at radius 1 is 1.44 bits per heavy atom. The van der Waals surface area contributed by atoms with Crippen molar-refractivity contribution >= 4 is 0 Å². The highest BCUT2D eigenvalue weighted by atomic mass is 15.3. The molecule has 18 heavy (non-hydrogen) atoms. The Morgan fingerprint density at radius 3 is 3.06 bits per heavy atom. The average Bonchev–Trinajstić information content (AvgIpc) is 2.95. The summed E-state index contributed by atoms with van der Waals surface area (Å²) in [5, 5.41) is 11.4. The summed E-state index contributed by atoms with van der Waals surface area (Å²) in [7, 11) is 4.02. The first kappa shape index (κ1) is 11.5. The molecule has 1 N–H and O–H groups in total. The first-order chi connectivity index (χ1) is 8.78. The zero-order valence-corrected chi connectivity index (χ0v) is 10.9. The van der Waals surface area contributed by atoms with Crippen LogP contribution in [0.25, 0.3) is 0 Å². The van der Waals surface area contributed by atoms with Gasteiger partial charge >= 0.3 is 0 Å². The molecule has 1 unspecified atom stereocenters. The summed E-state index contributed by atoms with van der Waals surface area (Å²) in [4.78, 5) is 0. The van der Waals surface area contributed by atoms with Crippen LogP contribution in [0.1, 0.15) is 35.8 Å². The van der Waals surface area contributed by atoms with Crippen molar-refractivity contribution in [2.45, 2.75) is 31.8 Å². The zero-order chi connectivity index (χ0) is 12.5. The van der Waals surface area contributed by atoms with Crippen LogP contribution in [0.15, 0.2) is 18.7 Å². The maximum absolute atomic E-state index is 4.13. The molecule has 0 bridgehead atoms. The highest BCUT2D eigenvalue weighted by molar-refractivity contribution is 5.30. The Hall–Kier alpha value is -1.62. The molecule has 0 fully saturated rings. The summed E-state index contributed by atoms with van der Waals surface area (Å²) >= 11 is 0. The van der Waals surface area contributed by atoms with Crippen molar-refractivity contribution < 1.29 is 0 Å². The second-order valence-corrected chi connectivity index (χ2v) is 5.00. The molecule has 0 saturated heterocycles. The van der Waals surface area contributed by atoms with Crippen LogP contribution in [0.3, 0.4) is 0 Å². The Kier molecular flexibility index (Phi) is 2.91. The molecule has 0 saturated carbocycles. The van der Waals surface area contributed by atoms with Gasteiger partial charge in [-0.2, -0.15) is 0 Å². The Morgan fingerprint density at radius 2 is 2.33 bits per heavy atom. The van der Waals surface area contributed by atoms with Crippen LogP contribution < -0.4 is 5.32 Å². The van der Waals surface area contributed by atoms with Gasteiger partial charge in [-0.25, -0.2) is 0 Å². The van der Waals surface area contributed by atoms with Crippen molar-refractivity contribution in [1.82, 2.24) is 24.6 Å². The number of fused-ring (bicyclic) bond motifs is 1. The SMILES string of the molecule is CNC1CCCc2cn(Cc3nncn3C)cc21. The molecule has 1 atom stereocenters. The van der Waals surface area contributed by atoms with Crippen LogP contribution in [0, 0.1) is 0 Å². The summed E-state index contributed by atoms with van der Waals surface area (Å²) in [6, 6.07) is 0.509. The summed E-state index contributed by atoms with van der Waals surface area (Å²) in [5.74, 6) is 0.989. The standard InChI is InChI=1S/C13H19N5/c1-14-12-5-3-4-10-6-18(7-11(10)12)8-13-16-15-9-17(13)2/h6-7,9,12,14H,3-5,8H2,1-2H3. The van der Waals surface area contributed by atoms with E-state index in [1.54, 1.807) is 6.33 Å². The maximum Gasteiger partial charge on any atom is 0.152 e. The van der Waals surface area contributed by atoms with E-state index in [9.17, 15) is 0 Å². The molecule has 0 radical (unpaired) electrons. The molecule has 0 spiro atoms. The molecule has 2 heterocycles. The molecule has 2 aromatic heterocycles. The van der Waals surface area contributed by atoms with Crippen molar-refractivity contribution in [3.63, 3.8) is 0 Å². The Bertz CT molecular complexity index is 539. The predicted molar refractivity (Wildman–Crippen MR) is 69.3 cm³/mol. The minimum Gasteiger partial charge on any atom is -0.346 e. The molecule has 0 aromatic carbocycles. The lowest BCUT2D eigenvalue weighted by molar-refractivity contribution is 0.498. The second-order valence-electron chi connectivity index (χ2n) is 5.00. The third-order valence-corrected chi connectivity index (χ3v) is 3.79. The van der Waals surface area contributed by atoms with Gasteiger partial charge in [0.2, 0.25) is 0 Å². The third-order valence-electron chi connectivity index (χ3n) is 3.79. The molecule has 5 heteroatoms. The van der Waals surface area contributed by atoms with E-state index >= 15 is 0 Å². The van der Waals surface area contributed by atoms with Crippen LogP contribution >= 0.6 is 0 Å². The van der Waals surface area contributed by atoms with Crippen molar-refractivity contribution in [2.75, 3.05) is 7.05 Å². The molecule has 2 aromatic rings. The van der Waals surface area contributed by atoms with E-state index in [-0.39, 0.29) is 0 Å². The fourth-order valence-electron chi connectivity index (χ4n) is 2.75. The van der Waals surface area contributed by atoms with Crippen molar-refractivity contribution in [3.05, 3.63) is 35.7 Å². The van der Waals surface area contributed by atoms with Crippen molar-refractivity contribution in [1.29, 1.82) is 0 Å². The Labute approximate surface area is 107 Å². The fraction of sp³-hybridized carbons (Fsp3) is 0.538. The van der Waals surface area contributed by atoms with Crippen molar-refractivity contribution in [3.8, 4) is 0 Å². The van der Waals surface area contributed by atoms with Crippen molar-refractivity contribution in [2.24, 2.45) is 7.05 Å². The van der Waals surface area contributed by atoms with E-state index < -0.39 is 0 Å². The quantitative estimate of drug-likeness (QED) is 0.885. The number of rotatable bonds is 3. The van der Waals surface area contributed by atoms with Gasteiger partial charge in [-0.15, -0.1) is 10.2 Å². The van der Waals surface area contributed by atoms with Crippen LogP contribution in [0.4, 0.5) is 0 Å².